The number of benzene rings is 1. The van der Waals surface area contributed by atoms with Crippen LogP contribution in [-0.4, -0.2) is 29.7 Å². The highest BCUT2D eigenvalue weighted by molar-refractivity contribution is 5.78. The zero-order chi connectivity index (χ0) is 14.8. The molecule has 1 heterocycles. The molecule has 2 rings (SSSR count). The summed E-state index contributed by atoms with van der Waals surface area (Å²) >= 11 is 0. The minimum atomic E-state index is -4.14. The molecule has 20 heavy (non-hydrogen) atoms. The highest BCUT2D eigenvalue weighted by Gasteiger charge is 2.36. The molecule has 1 unspecified atom stereocenters. The first-order valence-corrected chi connectivity index (χ1v) is 6.45. The number of halogens is 3. The van der Waals surface area contributed by atoms with E-state index in [9.17, 15) is 13.2 Å². The Morgan fingerprint density at radius 1 is 1.25 bits per heavy atom. The van der Waals surface area contributed by atoms with Crippen molar-refractivity contribution in [3.05, 3.63) is 42.1 Å². The molecular weight excluding hydrogens is 265 g/mol. The van der Waals surface area contributed by atoms with Gasteiger partial charge in [0.1, 0.15) is 0 Å². The van der Waals surface area contributed by atoms with Crippen LogP contribution in [0.1, 0.15) is 12.5 Å². The second-order valence-electron chi connectivity index (χ2n) is 5.18. The summed E-state index contributed by atoms with van der Waals surface area (Å²) in [5.41, 5.74) is 1.81. The summed E-state index contributed by atoms with van der Waals surface area (Å²) in [7, 11) is 1.69. The summed E-state index contributed by atoms with van der Waals surface area (Å²) in [4.78, 5) is 5.98. The first-order chi connectivity index (χ1) is 9.36. The lowest BCUT2D eigenvalue weighted by atomic mass is 10.1. The van der Waals surface area contributed by atoms with Gasteiger partial charge in [0.25, 0.3) is 0 Å². The third kappa shape index (κ3) is 3.70. The lowest BCUT2D eigenvalue weighted by molar-refractivity contribution is -0.173. The van der Waals surface area contributed by atoms with Crippen molar-refractivity contribution in [2.45, 2.75) is 19.6 Å². The van der Waals surface area contributed by atoms with Gasteiger partial charge in [-0.2, -0.15) is 13.2 Å². The number of para-hydroxylation sites is 1. The van der Waals surface area contributed by atoms with Crippen LogP contribution in [0.15, 0.2) is 36.5 Å². The fourth-order valence-corrected chi connectivity index (χ4v) is 2.15. The van der Waals surface area contributed by atoms with Gasteiger partial charge in [-0.25, -0.2) is 0 Å². The maximum Gasteiger partial charge on any atom is 0.392 e. The lowest BCUT2D eigenvalue weighted by Gasteiger charge is -2.23. The summed E-state index contributed by atoms with van der Waals surface area (Å²) in [6, 6.07) is 9.66. The number of pyridine rings is 1. The number of fused-ring (bicyclic) bond motifs is 1. The zero-order valence-corrected chi connectivity index (χ0v) is 11.5. The topological polar surface area (TPSA) is 16.1 Å². The van der Waals surface area contributed by atoms with E-state index in [1.165, 1.54) is 6.92 Å². The van der Waals surface area contributed by atoms with Gasteiger partial charge in [0.05, 0.1) is 11.4 Å². The molecule has 0 saturated heterocycles. The molecule has 1 atom stereocenters. The molecule has 0 bridgehead atoms. The van der Waals surface area contributed by atoms with Crippen LogP contribution in [0.5, 0.6) is 0 Å². The molecule has 0 fully saturated rings. The lowest BCUT2D eigenvalue weighted by Crippen LogP contribution is -2.32. The molecule has 2 nitrogen and oxygen atoms in total. The molecule has 0 aliphatic rings. The highest BCUT2D eigenvalue weighted by Crippen LogP contribution is 2.26. The minimum Gasteiger partial charge on any atom is -0.301 e. The van der Waals surface area contributed by atoms with Crippen LogP contribution < -0.4 is 0 Å². The number of alkyl halides is 3. The van der Waals surface area contributed by atoms with Crippen LogP contribution in [0.2, 0.25) is 0 Å². The van der Waals surface area contributed by atoms with Crippen LogP contribution >= 0.6 is 0 Å². The Balaban J connectivity index is 2.04. The van der Waals surface area contributed by atoms with Crippen molar-refractivity contribution in [2.75, 3.05) is 13.6 Å². The first-order valence-electron chi connectivity index (χ1n) is 6.45. The third-order valence-corrected chi connectivity index (χ3v) is 3.24. The van der Waals surface area contributed by atoms with E-state index in [2.05, 4.69) is 4.98 Å². The van der Waals surface area contributed by atoms with Crippen LogP contribution in [0, 0.1) is 5.92 Å². The molecule has 5 heteroatoms. The predicted molar refractivity (Wildman–Crippen MR) is 73.3 cm³/mol. The van der Waals surface area contributed by atoms with Gasteiger partial charge in [-0.1, -0.05) is 25.1 Å². The molecule has 108 valence electrons. The van der Waals surface area contributed by atoms with E-state index in [0.717, 1.165) is 16.5 Å². The van der Waals surface area contributed by atoms with E-state index in [4.69, 9.17) is 0 Å². The quantitative estimate of drug-likeness (QED) is 0.846. The average molecular weight is 282 g/mol. The third-order valence-electron chi connectivity index (χ3n) is 3.24. The fraction of sp³-hybridized carbons (Fsp3) is 0.400. The first kappa shape index (κ1) is 14.8. The molecule has 0 N–H and O–H groups in total. The van der Waals surface area contributed by atoms with Gasteiger partial charge in [0, 0.05) is 24.7 Å². The monoisotopic (exact) mass is 282 g/mol. The molecule has 0 radical (unpaired) electrons. The van der Waals surface area contributed by atoms with Crippen LogP contribution in [0.25, 0.3) is 10.9 Å². The number of nitrogens with zero attached hydrogens (tertiary/aromatic N) is 2. The SMILES string of the molecule is CC(CN(C)Cc1cnc2ccccc2c1)C(F)(F)F. The summed E-state index contributed by atoms with van der Waals surface area (Å²) in [6.07, 6.45) is -2.42. The number of hydrogen-bond acceptors (Lipinski definition) is 2. The predicted octanol–water partition coefficient (Wildman–Crippen LogP) is 3.87. The van der Waals surface area contributed by atoms with E-state index >= 15 is 0 Å². The molecule has 2 aromatic rings. The van der Waals surface area contributed by atoms with Crippen molar-refractivity contribution in [1.29, 1.82) is 0 Å². The number of aromatic nitrogens is 1. The van der Waals surface area contributed by atoms with Gasteiger partial charge in [0.15, 0.2) is 0 Å². The highest BCUT2D eigenvalue weighted by atomic mass is 19.4. The Kier molecular flexibility index (Phi) is 4.28. The van der Waals surface area contributed by atoms with Gasteiger partial charge >= 0.3 is 6.18 Å². The Morgan fingerprint density at radius 3 is 2.65 bits per heavy atom. The van der Waals surface area contributed by atoms with Crippen LogP contribution in [0.4, 0.5) is 13.2 Å². The van der Waals surface area contributed by atoms with E-state index in [-0.39, 0.29) is 6.54 Å². The van der Waals surface area contributed by atoms with Gasteiger partial charge in [-0.15, -0.1) is 0 Å². The summed E-state index contributed by atoms with van der Waals surface area (Å²) in [5, 5.41) is 1.00. The molecule has 0 aliphatic heterocycles. The largest absolute Gasteiger partial charge is 0.392 e. The van der Waals surface area contributed by atoms with E-state index < -0.39 is 12.1 Å². The van der Waals surface area contributed by atoms with E-state index in [0.29, 0.717) is 6.54 Å². The van der Waals surface area contributed by atoms with Gasteiger partial charge < -0.3 is 4.90 Å². The number of hydrogen-bond donors (Lipinski definition) is 0. The second-order valence-corrected chi connectivity index (χ2v) is 5.18. The molecule has 1 aromatic carbocycles. The fourth-order valence-electron chi connectivity index (χ4n) is 2.15. The van der Waals surface area contributed by atoms with Crippen LogP contribution in [-0.2, 0) is 6.54 Å². The van der Waals surface area contributed by atoms with Crippen molar-refractivity contribution < 1.29 is 13.2 Å². The molecule has 0 aliphatic carbocycles. The molecule has 0 amide bonds. The Morgan fingerprint density at radius 2 is 1.95 bits per heavy atom. The second kappa shape index (κ2) is 5.79. The molecular formula is C15H17F3N2. The summed E-state index contributed by atoms with van der Waals surface area (Å²) in [5.74, 6) is -1.33. The maximum atomic E-state index is 12.5. The zero-order valence-electron chi connectivity index (χ0n) is 11.5. The van der Waals surface area contributed by atoms with Crippen LogP contribution in [0.3, 0.4) is 0 Å². The maximum absolute atomic E-state index is 12.5. The van der Waals surface area contributed by atoms with Crippen molar-refractivity contribution in [3.8, 4) is 0 Å². The Labute approximate surface area is 116 Å². The van der Waals surface area contributed by atoms with Gasteiger partial charge in [-0.05, 0) is 24.7 Å². The molecule has 1 aromatic heterocycles. The summed E-state index contributed by atoms with van der Waals surface area (Å²) < 4.78 is 37.6. The van der Waals surface area contributed by atoms with Crippen molar-refractivity contribution >= 4 is 10.9 Å². The van der Waals surface area contributed by atoms with E-state index in [1.807, 2.05) is 30.3 Å². The number of rotatable bonds is 4. The smallest absolute Gasteiger partial charge is 0.301 e. The average Bonchev–Trinajstić information content (AvgIpc) is 2.37. The van der Waals surface area contributed by atoms with Crippen molar-refractivity contribution in [1.82, 2.24) is 9.88 Å². The molecule has 0 spiro atoms. The van der Waals surface area contributed by atoms with Gasteiger partial charge in [-0.3, -0.25) is 4.98 Å². The summed E-state index contributed by atoms with van der Waals surface area (Å²) in [6.45, 7) is 1.64. The Hall–Kier alpha value is -1.62. The van der Waals surface area contributed by atoms with Crippen molar-refractivity contribution in [2.24, 2.45) is 5.92 Å². The van der Waals surface area contributed by atoms with Gasteiger partial charge in [0.2, 0.25) is 0 Å². The normalized spacial score (nSPS) is 13.9. The standard InChI is InChI=1S/C15H17F3N2/c1-11(15(16,17)18)9-20(2)10-12-7-13-5-3-4-6-14(13)19-8-12/h3-8,11H,9-10H2,1-2H3. The minimum absolute atomic E-state index is 0.0175. The van der Waals surface area contributed by atoms with Crippen molar-refractivity contribution in [3.63, 3.8) is 0 Å². The van der Waals surface area contributed by atoms with E-state index in [1.54, 1.807) is 18.1 Å². The molecule has 0 saturated carbocycles. The Bertz CT molecular complexity index is 581.